The van der Waals surface area contributed by atoms with Gasteiger partial charge in [-0.25, -0.2) is 4.98 Å². The summed E-state index contributed by atoms with van der Waals surface area (Å²) in [5.74, 6) is -0.0750. The minimum atomic E-state index is -0.0750. The van der Waals surface area contributed by atoms with Gasteiger partial charge in [-0.05, 0) is 22.0 Å². The van der Waals surface area contributed by atoms with Gasteiger partial charge in [-0.2, -0.15) is 0 Å². The number of nitrogens with zero attached hydrogens (tertiary/aromatic N) is 1. The number of halogens is 2. The standard InChI is InChI=1S/C11H13BrClN3O2/c12-9-3-7(5-15-11(9)13)16-10(17)4-8-6-18-2-1-14-8/h3,5,8,14H,1-2,4,6H2,(H,16,17). The summed E-state index contributed by atoms with van der Waals surface area (Å²) in [7, 11) is 0. The molecule has 0 spiro atoms. The number of nitrogens with one attached hydrogen (secondary N) is 2. The average molecular weight is 335 g/mol. The molecule has 0 bridgehead atoms. The molecule has 7 heteroatoms. The molecule has 1 atom stereocenters. The Morgan fingerprint density at radius 1 is 1.72 bits per heavy atom. The number of hydrogen-bond acceptors (Lipinski definition) is 4. The van der Waals surface area contributed by atoms with Crippen LogP contribution in [0.1, 0.15) is 6.42 Å². The molecule has 98 valence electrons. The predicted octanol–water partition coefficient (Wildman–Crippen LogP) is 1.81. The van der Waals surface area contributed by atoms with E-state index in [1.165, 1.54) is 6.20 Å². The fourth-order valence-electron chi connectivity index (χ4n) is 1.68. The number of ether oxygens (including phenoxy) is 1. The van der Waals surface area contributed by atoms with E-state index in [2.05, 4.69) is 31.5 Å². The summed E-state index contributed by atoms with van der Waals surface area (Å²) in [6, 6.07) is 1.79. The molecule has 18 heavy (non-hydrogen) atoms. The van der Waals surface area contributed by atoms with Gasteiger partial charge in [0.05, 0.1) is 29.6 Å². The van der Waals surface area contributed by atoms with Gasteiger partial charge in [0.15, 0.2) is 0 Å². The molecule has 1 fully saturated rings. The smallest absolute Gasteiger partial charge is 0.226 e. The van der Waals surface area contributed by atoms with Crippen LogP contribution < -0.4 is 10.6 Å². The third-order valence-corrected chi connectivity index (χ3v) is 3.64. The number of carbonyl (C=O) groups excluding carboxylic acids is 1. The summed E-state index contributed by atoms with van der Waals surface area (Å²) in [4.78, 5) is 15.7. The van der Waals surface area contributed by atoms with E-state index in [1.54, 1.807) is 6.07 Å². The Morgan fingerprint density at radius 2 is 2.56 bits per heavy atom. The van der Waals surface area contributed by atoms with Crippen molar-refractivity contribution in [3.63, 3.8) is 0 Å². The molecule has 0 aromatic carbocycles. The minimum Gasteiger partial charge on any atom is -0.378 e. The SMILES string of the molecule is O=C(CC1COCCN1)Nc1cnc(Cl)c(Br)c1. The highest BCUT2D eigenvalue weighted by molar-refractivity contribution is 9.10. The van der Waals surface area contributed by atoms with Crippen LogP contribution in [0.5, 0.6) is 0 Å². The van der Waals surface area contributed by atoms with Crippen LogP contribution in [0.25, 0.3) is 0 Å². The average Bonchev–Trinajstić information content (AvgIpc) is 2.35. The summed E-state index contributed by atoms with van der Waals surface area (Å²) in [5, 5.41) is 6.37. The molecule has 5 nitrogen and oxygen atoms in total. The number of carbonyl (C=O) groups is 1. The normalized spacial score (nSPS) is 19.6. The van der Waals surface area contributed by atoms with Crippen LogP contribution in [0, 0.1) is 0 Å². The van der Waals surface area contributed by atoms with Crippen LogP contribution in [0.15, 0.2) is 16.7 Å². The maximum atomic E-state index is 11.8. The Balaban J connectivity index is 1.88. The molecule has 1 saturated heterocycles. The third kappa shape index (κ3) is 3.91. The van der Waals surface area contributed by atoms with Gasteiger partial charge in [0.25, 0.3) is 0 Å². The molecule has 2 N–H and O–H groups in total. The van der Waals surface area contributed by atoms with Crippen molar-refractivity contribution < 1.29 is 9.53 Å². The molecule has 0 radical (unpaired) electrons. The fraction of sp³-hybridized carbons (Fsp3) is 0.455. The van der Waals surface area contributed by atoms with Crippen LogP contribution in [-0.2, 0) is 9.53 Å². The second kappa shape index (κ2) is 6.47. The molecule has 1 unspecified atom stereocenters. The molecule has 0 aliphatic carbocycles. The number of morpholine rings is 1. The first-order valence-corrected chi connectivity index (χ1v) is 6.74. The molecular weight excluding hydrogens is 321 g/mol. The van der Waals surface area contributed by atoms with Gasteiger partial charge >= 0.3 is 0 Å². The van der Waals surface area contributed by atoms with Crippen LogP contribution in [-0.4, -0.2) is 36.7 Å². The Kier molecular flexibility index (Phi) is 4.94. The van der Waals surface area contributed by atoms with Crippen LogP contribution in [0.2, 0.25) is 5.15 Å². The van der Waals surface area contributed by atoms with Crippen LogP contribution >= 0.6 is 27.5 Å². The first-order chi connectivity index (χ1) is 8.65. The van der Waals surface area contributed by atoms with Crippen molar-refractivity contribution >= 4 is 39.1 Å². The van der Waals surface area contributed by atoms with E-state index < -0.39 is 0 Å². The quantitative estimate of drug-likeness (QED) is 0.828. The minimum absolute atomic E-state index is 0.0717. The lowest BCUT2D eigenvalue weighted by atomic mass is 10.2. The Hall–Kier alpha value is -0.690. The van der Waals surface area contributed by atoms with E-state index >= 15 is 0 Å². The zero-order valence-corrected chi connectivity index (χ0v) is 11.9. The summed E-state index contributed by atoms with van der Waals surface area (Å²) < 4.78 is 5.94. The second-order valence-corrected chi connectivity index (χ2v) is 5.19. The number of aromatic nitrogens is 1. The lowest BCUT2D eigenvalue weighted by Crippen LogP contribution is -2.43. The van der Waals surface area contributed by atoms with Crippen molar-refractivity contribution in [3.8, 4) is 0 Å². The number of anilines is 1. The topological polar surface area (TPSA) is 63.2 Å². The monoisotopic (exact) mass is 333 g/mol. The number of pyridine rings is 1. The van der Waals surface area contributed by atoms with Gasteiger partial charge in [0, 0.05) is 19.0 Å². The Morgan fingerprint density at radius 3 is 3.22 bits per heavy atom. The fourth-order valence-corrected chi connectivity index (χ4v) is 2.13. The summed E-state index contributed by atoms with van der Waals surface area (Å²) in [5.41, 5.74) is 0.619. The molecule has 1 aliphatic rings. The predicted molar refractivity (Wildman–Crippen MR) is 72.8 cm³/mol. The molecule has 2 rings (SSSR count). The molecule has 1 aromatic rings. The van der Waals surface area contributed by atoms with E-state index in [9.17, 15) is 4.79 Å². The van der Waals surface area contributed by atoms with Crippen LogP contribution in [0.3, 0.4) is 0 Å². The molecular formula is C11H13BrClN3O2. The number of amides is 1. The molecule has 1 aliphatic heterocycles. The zero-order chi connectivity index (χ0) is 13.0. The van der Waals surface area contributed by atoms with Crippen molar-refractivity contribution in [2.24, 2.45) is 0 Å². The number of rotatable bonds is 3. The first kappa shape index (κ1) is 13.7. The molecule has 1 amide bonds. The first-order valence-electron chi connectivity index (χ1n) is 5.57. The maximum Gasteiger partial charge on any atom is 0.226 e. The highest BCUT2D eigenvalue weighted by Gasteiger charge is 2.17. The van der Waals surface area contributed by atoms with E-state index in [0.717, 1.165) is 6.54 Å². The van der Waals surface area contributed by atoms with Gasteiger partial charge in [-0.1, -0.05) is 11.6 Å². The highest BCUT2D eigenvalue weighted by Crippen LogP contribution is 2.22. The van der Waals surface area contributed by atoms with Crippen molar-refractivity contribution in [3.05, 3.63) is 21.9 Å². The summed E-state index contributed by atoms with van der Waals surface area (Å²) >= 11 is 9.03. The van der Waals surface area contributed by atoms with Gasteiger partial charge in [-0.15, -0.1) is 0 Å². The number of hydrogen-bond donors (Lipinski definition) is 2. The van der Waals surface area contributed by atoms with E-state index in [4.69, 9.17) is 16.3 Å². The van der Waals surface area contributed by atoms with E-state index in [-0.39, 0.29) is 11.9 Å². The Labute approximate surface area is 118 Å². The highest BCUT2D eigenvalue weighted by atomic mass is 79.9. The van der Waals surface area contributed by atoms with Crippen LogP contribution in [0.4, 0.5) is 5.69 Å². The third-order valence-electron chi connectivity index (χ3n) is 2.51. The van der Waals surface area contributed by atoms with Crippen molar-refractivity contribution in [2.75, 3.05) is 25.1 Å². The lowest BCUT2D eigenvalue weighted by molar-refractivity contribution is -0.117. The van der Waals surface area contributed by atoms with Gasteiger partial charge < -0.3 is 15.4 Å². The molecule has 2 heterocycles. The van der Waals surface area contributed by atoms with Crippen molar-refractivity contribution in [1.82, 2.24) is 10.3 Å². The van der Waals surface area contributed by atoms with E-state index in [0.29, 0.717) is 34.9 Å². The Bertz CT molecular complexity index is 438. The van der Waals surface area contributed by atoms with E-state index in [1.807, 2.05) is 0 Å². The van der Waals surface area contributed by atoms with Gasteiger partial charge in [-0.3, -0.25) is 4.79 Å². The molecule has 1 aromatic heterocycles. The van der Waals surface area contributed by atoms with Crippen molar-refractivity contribution in [1.29, 1.82) is 0 Å². The lowest BCUT2D eigenvalue weighted by Gasteiger charge is -2.23. The summed E-state index contributed by atoms with van der Waals surface area (Å²) in [6.07, 6.45) is 1.90. The second-order valence-electron chi connectivity index (χ2n) is 3.97. The van der Waals surface area contributed by atoms with Crippen molar-refractivity contribution in [2.45, 2.75) is 12.5 Å². The largest absolute Gasteiger partial charge is 0.378 e. The molecule has 0 saturated carbocycles. The van der Waals surface area contributed by atoms with Gasteiger partial charge in [0.2, 0.25) is 5.91 Å². The maximum absolute atomic E-state index is 11.8. The summed E-state index contributed by atoms with van der Waals surface area (Å²) in [6.45, 7) is 2.05. The van der Waals surface area contributed by atoms with Gasteiger partial charge in [0.1, 0.15) is 5.15 Å². The zero-order valence-electron chi connectivity index (χ0n) is 9.58.